The van der Waals surface area contributed by atoms with Crippen LogP contribution in [0.5, 0.6) is 0 Å². The highest BCUT2D eigenvalue weighted by atomic mass is 127. The molecule has 0 unspecified atom stereocenters. The zero-order chi connectivity index (χ0) is 10.8. The predicted octanol–water partition coefficient (Wildman–Crippen LogP) is 1.59. The van der Waals surface area contributed by atoms with Crippen molar-refractivity contribution in [1.82, 2.24) is 9.97 Å². The summed E-state index contributed by atoms with van der Waals surface area (Å²) in [6.07, 6.45) is 0.122. The molecule has 1 aromatic carbocycles. The van der Waals surface area contributed by atoms with Crippen LogP contribution in [0.4, 0.5) is 0 Å². The first-order chi connectivity index (χ1) is 7.20. The maximum atomic E-state index is 11.6. The standard InChI is InChI=1S/C10H6IN3O/c11-6-1-2-8-7(5-6)10(15)14-9(13-8)3-4-12/h1-2,5H,3H2,(H,13,14,15). The molecule has 0 saturated heterocycles. The fourth-order valence-electron chi connectivity index (χ4n) is 1.32. The van der Waals surface area contributed by atoms with Gasteiger partial charge in [0.1, 0.15) is 5.82 Å². The number of fused-ring (bicyclic) bond motifs is 1. The first kappa shape index (κ1) is 10.1. The highest BCUT2D eigenvalue weighted by molar-refractivity contribution is 14.1. The summed E-state index contributed by atoms with van der Waals surface area (Å²) in [5.41, 5.74) is 0.438. The molecular weight excluding hydrogens is 305 g/mol. The van der Waals surface area contributed by atoms with Gasteiger partial charge in [0.05, 0.1) is 23.4 Å². The fourth-order valence-corrected chi connectivity index (χ4v) is 1.81. The second kappa shape index (κ2) is 3.98. The van der Waals surface area contributed by atoms with Gasteiger partial charge < -0.3 is 4.98 Å². The van der Waals surface area contributed by atoms with Crippen LogP contribution in [-0.4, -0.2) is 9.97 Å². The molecule has 1 aromatic heterocycles. The first-order valence-electron chi connectivity index (χ1n) is 4.26. The average Bonchev–Trinajstić information content (AvgIpc) is 2.20. The number of rotatable bonds is 1. The Morgan fingerprint density at radius 2 is 2.33 bits per heavy atom. The van der Waals surface area contributed by atoms with Gasteiger partial charge >= 0.3 is 0 Å². The van der Waals surface area contributed by atoms with Gasteiger partial charge in [0.15, 0.2) is 0 Å². The number of nitrogens with zero attached hydrogens (tertiary/aromatic N) is 2. The number of H-pyrrole nitrogens is 1. The molecule has 0 atom stereocenters. The van der Waals surface area contributed by atoms with Crippen molar-refractivity contribution in [3.8, 4) is 6.07 Å². The molecule has 1 N–H and O–H groups in total. The normalized spacial score (nSPS) is 10.1. The van der Waals surface area contributed by atoms with Crippen LogP contribution in [-0.2, 0) is 6.42 Å². The maximum absolute atomic E-state index is 11.6. The van der Waals surface area contributed by atoms with Gasteiger partial charge in [-0.15, -0.1) is 0 Å². The summed E-state index contributed by atoms with van der Waals surface area (Å²) < 4.78 is 0.987. The molecule has 2 rings (SSSR count). The van der Waals surface area contributed by atoms with Gasteiger partial charge in [-0.05, 0) is 40.8 Å². The van der Waals surface area contributed by atoms with Crippen LogP contribution in [0.15, 0.2) is 23.0 Å². The third-order valence-electron chi connectivity index (χ3n) is 1.96. The smallest absolute Gasteiger partial charge is 0.258 e. The molecule has 0 saturated carbocycles. The Labute approximate surface area is 99.1 Å². The molecule has 1 heterocycles. The molecule has 0 spiro atoms. The topological polar surface area (TPSA) is 69.5 Å². The second-order valence-electron chi connectivity index (χ2n) is 3.01. The molecule has 0 aliphatic carbocycles. The van der Waals surface area contributed by atoms with Crippen LogP contribution in [0.2, 0.25) is 0 Å². The predicted molar refractivity (Wildman–Crippen MR) is 64.4 cm³/mol. The second-order valence-corrected chi connectivity index (χ2v) is 4.25. The Hall–Kier alpha value is -1.42. The summed E-state index contributed by atoms with van der Waals surface area (Å²) in [6.45, 7) is 0. The number of nitrogens with one attached hydrogen (secondary N) is 1. The van der Waals surface area contributed by atoms with Crippen molar-refractivity contribution in [1.29, 1.82) is 5.26 Å². The molecule has 0 aliphatic heterocycles. The molecule has 0 amide bonds. The minimum Gasteiger partial charge on any atom is -0.309 e. The van der Waals surface area contributed by atoms with E-state index in [-0.39, 0.29) is 12.0 Å². The Bertz CT molecular complexity index is 612. The van der Waals surface area contributed by atoms with E-state index in [0.717, 1.165) is 3.57 Å². The zero-order valence-electron chi connectivity index (χ0n) is 7.62. The van der Waals surface area contributed by atoms with E-state index in [1.807, 2.05) is 12.1 Å². The van der Waals surface area contributed by atoms with Crippen molar-refractivity contribution in [2.24, 2.45) is 0 Å². The summed E-state index contributed by atoms with van der Waals surface area (Å²) >= 11 is 2.14. The minimum absolute atomic E-state index is 0.122. The van der Waals surface area contributed by atoms with Crippen LogP contribution >= 0.6 is 22.6 Å². The van der Waals surface area contributed by atoms with Crippen LogP contribution in [0.1, 0.15) is 5.82 Å². The quantitative estimate of drug-likeness (QED) is 0.813. The number of aromatic nitrogens is 2. The van der Waals surface area contributed by atoms with Gasteiger partial charge in [-0.1, -0.05) is 0 Å². The molecule has 0 radical (unpaired) electrons. The Morgan fingerprint density at radius 3 is 3.07 bits per heavy atom. The van der Waals surface area contributed by atoms with E-state index in [0.29, 0.717) is 16.7 Å². The lowest BCUT2D eigenvalue weighted by Crippen LogP contribution is -2.11. The number of aromatic amines is 1. The van der Waals surface area contributed by atoms with Gasteiger partial charge in [-0.3, -0.25) is 4.79 Å². The van der Waals surface area contributed by atoms with Crippen LogP contribution in [0.3, 0.4) is 0 Å². The first-order valence-corrected chi connectivity index (χ1v) is 5.34. The van der Waals surface area contributed by atoms with Crippen molar-refractivity contribution < 1.29 is 0 Å². The molecular formula is C10H6IN3O. The van der Waals surface area contributed by atoms with Crippen molar-refractivity contribution in [2.45, 2.75) is 6.42 Å². The van der Waals surface area contributed by atoms with Crippen LogP contribution in [0, 0.1) is 14.9 Å². The maximum Gasteiger partial charge on any atom is 0.258 e. The van der Waals surface area contributed by atoms with E-state index in [2.05, 4.69) is 32.6 Å². The highest BCUT2D eigenvalue weighted by Crippen LogP contribution is 2.11. The Balaban J connectivity index is 2.74. The number of halogens is 1. The molecule has 0 aliphatic rings. The zero-order valence-corrected chi connectivity index (χ0v) is 9.78. The molecule has 74 valence electrons. The Kier molecular flexibility index (Phi) is 2.68. The third kappa shape index (κ3) is 1.99. The van der Waals surface area contributed by atoms with Crippen LogP contribution in [0.25, 0.3) is 10.9 Å². The van der Waals surface area contributed by atoms with E-state index in [1.54, 1.807) is 12.1 Å². The molecule has 0 bridgehead atoms. The van der Waals surface area contributed by atoms with Crippen molar-refractivity contribution in [3.63, 3.8) is 0 Å². The van der Waals surface area contributed by atoms with Crippen molar-refractivity contribution >= 4 is 33.5 Å². The summed E-state index contributed by atoms with van der Waals surface area (Å²) in [7, 11) is 0. The highest BCUT2D eigenvalue weighted by Gasteiger charge is 2.03. The molecule has 15 heavy (non-hydrogen) atoms. The number of nitriles is 1. The van der Waals surface area contributed by atoms with Gasteiger partial charge in [0, 0.05) is 3.57 Å². The van der Waals surface area contributed by atoms with Crippen molar-refractivity contribution in [2.75, 3.05) is 0 Å². The van der Waals surface area contributed by atoms with E-state index >= 15 is 0 Å². The van der Waals surface area contributed by atoms with Crippen LogP contribution < -0.4 is 5.56 Å². The van der Waals surface area contributed by atoms with Gasteiger partial charge in [-0.2, -0.15) is 5.26 Å². The van der Waals surface area contributed by atoms with Crippen molar-refractivity contribution in [3.05, 3.63) is 37.9 Å². The van der Waals surface area contributed by atoms with Gasteiger partial charge in [0.2, 0.25) is 0 Å². The van der Waals surface area contributed by atoms with E-state index in [9.17, 15) is 4.79 Å². The summed E-state index contributed by atoms with van der Waals surface area (Å²) in [5, 5.41) is 9.07. The Morgan fingerprint density at radius 1 is 1.53 bits per heavy atom. The monoisotopic (exact) mass is 311 g/mol. The summed E-state index contributed by atoms with van der Waals surface area (Å²) in [5.74, 6) is 0.413. The largest absolute Gasteiger partial charge is 0.309 e. The van der Waals surface area contributed by atoms with E-state index < -0.39 is 0 Å². The van der Waals surface area contributed by atoms with E-state index in [4.69, 9.17) is 5.26 Å². The molecule has 0 fully saturated rings. The molecule has 2 aromatic rings. The summed E-state index contributed by atoms with van der Waals surface area (Å²) in [6, 6.07) is 7.39. The lowest BCUT2D eigenvalue weighted by Gasteiger charge is -1.99. The lowest BCUT2D eigenvalue weighted by molar-refractivity contribution is 1.000. The lowest BCUT2D eigenvalue weighted by atomic mass is 10.2. The van der Waals surface area contributed by atoms with Gasteiger partial charge in [0.25, 0.3) is 5.56 Å². The average molecular weight is 311 g/mol. The fraction of sp³-hybridized carbons (Fsp3) is 0.100. The minimum atomic E-state index is -0.191. The number of hydrogen-bond acceptors (Lipinski definition) is 3. The summed E-state index contributed by atoms with van der Waals surface area (Å²) in [4.78, 5) is 18.4. The van der Waals surface area contributed by atoms with E-state index in [1.165, 1.54) is 0 Å². The molecule has 5 heteroatoms. The third-order valence-corrected chi connectivity index (χ3v) is 2.63. The number of benzene rings is 1. The van der Waals surface area contributed by atoms with Gasteiger partial charge in [-0.25, -0.2) is 4.98 Å². The number of hydrogen-bond donors (Lipinski definition) is 1. The molecule has 4 nitrogen and oxygen atoms in total. The SMILES string of the molecule is N#CCc1nc2ccc(I)cc2c(=O)[nH]1.